The second kappa shape index (κ2) is 2.26. The molecule has 0 N–H and O–H groups in total. The first-order valence-corrected chi connectivity index (χ1v) is 4.78. The minimum absolute atomic E-state index is 0.968. The maximum atomic E-state index is 2.49. The molecule has 0 unspecified atom stereocenters. The van der Waals surface area contributed by atoms with E-state index in [-0.39, 0.29) is 0 Å². The first-order chi connectivity index (χ1) is 4.34. The van der Waals surface area contributed by atoms with Gasteiger partial charge in [-0.2, -0.15) is 0 Å². The molecule has 2 aliphatic carbocycles. The van der Waals surface area contributed by atoms with Crippen molar-refractivity contribution in [2.45, 2.75) is 25.7 Å². The van der Waals surface area contributed by atoms with Crippen LogP contribution >= 0.6 is 22.6 Å². The van der Waals surface area contributed by atoms with Crippen LogP contribution in [0.15, 0.2) is 9.66 Å². The van der Waals surface area contributed by atoms with Gasteiger partial charge in [-0.1, -0.05) is 6.08 Å². The zero-order valence-corrected chi connectivity index (χ0v) is 7.60. The second-order valence-corrected chi connectivity index (χ2v) is 4.64. The Hall–Kier alpha value is 0.470. The van der Waals surface area contributed by atoms with Gasteiger partial charge in [-0.3, -0.25) is 0 Å². The van der Waals surface area contributed by atoms with Gasteiger partial charge in [-0.05, 0) is 63.7 Å². The van der Waals surface area contributed by atoms with E-state index in [4.69, 9.17) is 0 Å². The van der Waals surface area contributed by atoms with Gasteiger partial charge in [-0.25, -0.2) is 0 Å². The predicted molar refractivity (Wildman–Crippen MR) is 47.6 cm³/mol. The Kier molecular flexibility index (Phi) is 1.55. The summed E-state index contributed by atoms with van der Waals surface area (Å²) in [7, 11) is 0. The van der Waals surface area contributed by atoms with Gasteiger partial charge in [0, 0.05) is 0 Å². The van der Waals surface area contributed by atoms with Crippen molar-refractivity contribution < 1.29 is 0 Å². The van der Waals surface area contributed by atoms with Gasteiger partial charge in [0.1, 0.15) is 0 Å². The largest absolute Gasteiger partial charge is 0.0721 e. The van der Waals surface area contributed by atoms with Crippen LogP contribution in [-0.4, -0.2) is 0 Å². The fourth-order valence-electron chi connectivity index (χ4n) is 2.05. The number of rotatable bonds is 0. The Morgan fingerprint density at radius 3 is 3.11 bits per heavy atom. The molecule has 0 aromatic carbocycles. The highest BCUT2D eigenvalue weighted by Gasteiger charge is 2.27. The lowest BCUT2D eigenvalue weighted by Gasteiger charge is -2.14. The monoisotopic (exact) mass is 234 g/mol. The van der Waals surface area contributed by atoms with E-state index in [2.05, 4.69) is 28.7 Å². The van der Waals surface area contributed by atoms with Gasteiger partial charge in [0.15, 0.2) is 0 Å². The number of fused-ring (bicyclic) bond motifs is 2. The van der Waals surface area contributed by atoms with E-state index in [1.807, 2.05) is 0 Å². The quantitative estimate of drug-likeness (QED) is 0.565. The molecule has 1 heteroatoms. The number of hydrogen-bond acceptors (Lipinski definition) is 0. The topological polar surface area (TPSA) is 0 Å². The van der Waals surface area contributed by atoms with Crippen molar-refractivity contribution in [2.24, 2.45) is 11.8 Å². The number of halogens is 1. The molecule has 0 aromatic heterocycles. The molecule has 2 bridgehead atoms. The minimum Gasteiger partial charge on any atom is -0.0721 e. The molecule has 0 amide bonds. The van der Waals surface area contributed by atoms with Crippen LogP contribution in [-0.2, 0) is 0 Å². The lowest BCUT2D eigenvalue weighted by atomic mass is 9.96. The predicted octanol–water partition coefficient (Wildman–Crippen LogP) is 3.13. The van der Waals surface area contributed by atoms with Gasteiger partial charge >= 0.3 is 0 Å². The first kappa shape index (κ1) is 6.20. The van der Waals surface area contributed by atoms with Crippen LogP contribution in [0.4, 0.5) is 0 Å². The summed E-state index contributed by atoms with van der Waals surface area (Å²) < 4.78 is 1.62. The van der Waals surface area contributed by atoms with E-state index < -0.39 is 0 Å². The molecule has 0 nitrogen and oxygen atoms in total. The molecule has 0 heterocycles. The zero-order valence-electron chi connectivity index (χ0n) is 5.44. The lowest BCUT2D eigenvalue weighted by Crippen LogP contribution is -2.00. The van der Waals surface area contributed by atoms with Crippen LogP contribution in [0.3, 0.4) is 0 Å². The molecular formula is C8H11I. The van der Waals surface area contributed by atoms with Crippen LogP contribution in [0, 0.1) is 11.8 Å². The highest BCUT2D eigenvalue weighted by Crippen LogP contribution is 2.42. The molecule has 9 heavy (non-hydrogen) atoms. The second-order valence-electron chi connectivity index (χ2n) is 3.26. The van der Waals surface area contributed by atoms with Crippen molar-refractivity contribution >= 4 is 22.6 Å². The molecule has 0 aliphatic heterocycles. The molecular weight excluding hydrogens is 223 g/mol. The van der Waals surface area contributed by atoms with Gasteiger partial charge in [0.2, 0.25) is 0 Å². The summed E-state index contributed by atoms with van der Waals surface area (Å²) in [4.78, 5) is 0. The molecule has 1 fully saturated rings. The number of allylic oxidation sites excluding steroid dienone is 2. The SMILES string of the molecule is IC1=C[C@H]2CC[C@H](C1)C2. The lowest BCUT2D eigenvalue weighted by molar-refractivity contribution is 0.517. The zero-order chi connectivity index (χ0) is 6.27. The van der Waals surface area contributed by atoms with Crippen molar-refractivity contribution in [2.75, 3.05) is 0 Å². The summed E-state index contributed by atoms with van der Waals surface area (Å²) in [6.07, 6.45) is 8.32. The van der Waals surface area contributed by atoms with Gasteiger partial charge in [0.05, 0.1) is 0 Å². The average molecular weight is 234 g/mol. The van der Waals surface area contributed by atoms with Crippen LogP contribution in [0.5, 0.6) is 0 Å². The Bertz CT molecular complexity index is 149. The molecule has 2 atom stereocenters. The standard InChI is InChI=1S/C8H11I/c9-8-4-6-1-2-7(3-6)5-8/h4,6-7H,1-3,5H2/t6-,7-/m0/s1. The van der Waals surface area contributed by atoms with E-state index in [0.717, 1.165) is 11.8 Å². The van der Waals surface area contributed by atoms with Crippen LogP contribution in [0.1, 0.15) is 25.7 Å². The van der Waals surface area contributed by atoms with E-state index in [1.165, 1.54) is 25.7 Å². The van der Waals surface area contributed by atoms with E-state index in [9.17, 15) is 0 Å². The average Bonchev–Trinajstić information content (AvgIpc) is 2.11. The summed E-state index contributed by atoms with van der Waals surface area (Å²) in [5.74, 6) is 2.03. The van der Waals surface area contributed by atoms with E-state index in [1.54, 1.807) is 3.58 Å². The van der Waals surface area contributed by atoms with Gasteiger partial charge < -0.3 is 0 Å². The minimum atomic E-state index is 0.968. The van der Waals surface area contributed by atoms with Crippen molar-refractivity contribution in [1.82, 2.24) is 0 Å². The number of hydrogen-bond donors (Lipinski definition) is 0. The third kappa shape index (κ3) is 1.16. The van der Waals surface area contributed by atoms with Gasteiger partial charge in [0.25, 0.3) is 0 Å². The highest BCUT2D eigenvalue weighted by atomic mass is 127. The smallest absolute Gasteiger partial charge is 0.0128 e. The maximum Gasteiger partial charge on any atom is -0.0128 e. The van der Waals surface area contributed by atoms with Crippen molar-refractivity contribution in [3.63, 3.8) is 0 Å². The third-order valence-corrected chi connectivity index (χ3v) is 3.28. The molecule has 0 radical (unpaired) electrons. The fraction of sp³-hybridized carbons (Fsp3) is 0.750. The Labute approximate surface area is 69.9 Å². The van der Waals surface area contributed by atoms with Gasteiger partial charge in [-0.15, -0.1) is 0 Å². The van der Waals surface area contributed by atoms with Crippen molar-refractivity contribution in [3.8, 4) is 0 Å². The molecule has 1 saturated carbocycles. The molecule has 2 rings (SSSR count). The Morgan fingerprint density at radius 2 is 2.33 bits per heavy atom. The molecule has 2 aliphatic rings. The maximum absolute atomic E-state index is 2.49. The summed E-state index contributed by atoms with van der Waals surface area (Å²) in [5, 5.41) is 0. The Morgan fingerprint density at radius 1 is 1.44 bits per heavy atom. The fourth-order valence-corrected chi connectivity index (χ4v) is 3.18. The molecule has 0 aromatic rings. The molecule has 0 spiro atoms. The summed E-state index contributed by atoms with van der Waals surface area (Å²) in [5.41, 5.74) is 0. The van der Waals surface area contributed by atoms with E-state index in [0.29, 0.717) is 0 Å². The first-order valence-electron chi connectivity index (χ1n) is 3.71. The van der Waals surface area contributed by atoms with Crippen molar-refractivity contribution in [1.29, 1.82) is 0 Å². The van der Waals surface area contributed by atoms with Crippen LogP contribution < -0.4 is 0 Å². The normalized spacial score (nSPS) is 40.8. The van der Waals surface area contributed by atoms with Crippen LogP contribution in [0.25, 0.3) is 0 Å². The third-order valence-electron chi connectivity index (χ3n) is 2.48. The summed E-state index contributed by atoms with van der Waals surface area (Å²) >= 11 is 2.49. The highest BCUT2D eigenvalue weighted by molar-refractivity contribution is 14.1. The van der Waals surface area contributed by atoms with E-state index >= 15 is 0 Å². The Balaban J connectivity index is 2.19. The molecule has 0 saturated heterocycles. The van der Waals surface area contributed by atoms with Crippen molar-refractivity contribution in [3.05, 3.63) is 9.66 Å². The van der Waals surface area contributed by atoms with Crippen LogP contribution in [0.2, 0.25) is 0 Å². The summed E-state index contributed by atoms with van der Waals surface area (Å²) in [6, 6.07) is 0. The molecule has 50 valence electrons. The summed E-state index contributed by atoms with van der Waals surface area (Å²) in [6.45, 7) is 0.